The molecular formula is C19H20. The minimum Gasteiger partial charge on any atom is -0.0613 e. The largest absolute Gasteiger partial charge is 0.0613 e. The number of hydrogen-bond donors (Lipinski definition) is 0. The van der Waals surface area contributed by atoms with Crippen molar-refractivity contribution in [1.29, 1.82) is 0 Å². The second-order valence-electron chi connectivity index (χ2n) is 5.82. The molecule has 0 saturated carbocycles. The Morgan fingerprint density at radius 1 is 0.684 bits per heavy atom. The first-order valence-corrected chi connectivity index (χ1v) is 7.00. The molecule has 3 aromatic rings. The van der Waals surface area contributed by atoms with Gasteiger partial charge >= 0.3 is 0 Å². The summed E-state index contributed by atoms with van der Waals surface area (Å²) in [7, 11) is 0. The fourth-order valence-electron chi connectivity index (χ4n) is 2.88. The molecule has 0 bridgehead atoms. The SMILES string of the molecule is Cc1cc2c(C)cccc2c2ccc(C(C)C)cc12. The maximum absolute atomic E-state index is 2.36. The monoisotopic (exact) mass is 248 g/mol. The minimum absolute atomic E-state index is 0.581. The molecule has 0 fully saturated rings. The third-order valence-electron chi connectivity index (χ3n) is 4.11. The second kappa shape index (κ2) is 4.38. The van der Waals surface area contributed by atoms with Gasteiger partial charge in [-0.1, -0.05) is 56.3 Å². The summed E-state index contributed by atoms with van der Waals surface area (Å²) >= 11 is 0. The Morgan fingerprint density at radius 2 is 1.37 bits per heavy atom. The van der Waals surface area contributed by atoms with Gasteiger partial charge in [0.15, 0.2) is 0 Å². The molecule has 0 aromatic heterocycles. The van der Waals surface area contributed by atoms with Crippen molar-refractivity contribution in [1.82, 2.24) is 0 Å². The molecule has 0 atom stereocenters. The highest BCUT2D eigenvalue weighted by Gasteiger charge is 2.07. The summed E-state index contributed by atoms with van der Waals surface area (Å²) in [5, 5.41) is 5.52. The minimum atomic E-state index is 0.581. The van der Waals surface area contributed by atoms with Gasteiger partial charge in [0.25, 0.3) is 0 Å². The van der Waals surface area contributed by atoms with Crippen LogP contribution in [-0.2, 0) is 0 Å². The van der Waals surface area contributed by atoms with E-state index >= 15 is 0 Å². The third kappa shape index (κ3) is 1.92. The molecule has 0 saturated heterocycles. The van der Waals surface area contributed by atoms with Crippen molar-refractivity contribution in [3.8, 4) is 0 Å². The van der Waals surface area contributed by atoms with Gasteiger partial charge in [-0.2, -0.15) is 0 Å². The molecule has 0 radical (unpaired) electrons. The van der Waals surface area contributed by atoms with Crippen molar-refractivity contribution in [2.45, 2.75) is 33.6 Å². The van der Waals surface area contributed by atoms with Crippen LogP contribution in [0, 0.1) is 13.8 Å². The van der Waals surface area contributed by atoms with Gasteiger partial charge in [-0.05, 0) is 58.0 Å². The van der Waals surface area contributed by atoms with E-state index in [0.29, 0.717) is 5.92 Å². The van der Waals surface area contributed by atoms with Gasteiger partial charge in [0.1, 0.15) is 0 Å². The van der Waals surface area contributed by atoms with Crippen LogP contribution in [0.1, 0.15) is 36.5 Å². The summed E-state index contributed by atoms with van der Waals surface area (Å²) in [6.07, 6.45) is 0. The molecule has 0 unspecified atom stereocenters. The molecule has 0 N–H and O–H groups in total. The fourth-order valence-corrected chi connectivity index (χ4v) is 2.88. The second-order valence-corrected chi connectivity index (χ2v) is 5.82. The highest BCUT2D eigenvalue weighted by atomic mass is 14.1. The number of fused-ring (bicyclic) bond motifs is 3. The first-order chi connectivity index (χ1) is 9.08. The van der Waals surface area contributed by atoms with E-state index in [9.17, 15) is 0 Å². The molecule has 0 aliphatic heterocycles. The highest BCUT2D eigenvalue weighted by Crippen LogP contribution is 2.32. The summed E-state index contributed by atoms with van der Waals surface area (Å²) in [5.41, 5.74) is 4.15. The van der Waals surface area contributed by atoms with Crippen LogP contribution in [0.2, 0.25) is 0 Å². The first-order valence-electron chi connectivity index (χ1n) is 7.00. The lowest BCUT2D eigenvalue weighted by Crippen LogP contribution is -1.90. The molecule has 0 aliphatic carbocycles. The van der Waals surface area contributed by atoms with Crippen molar-refractivity contribution in [3.05, 3.63) is 59.2 Å². The maximum Gasteiger partial charge on any atom is -0.0102 e. The molecule has 0 spiro atoms. The Bertz CT molecular complexity index is 764. The topological polar surface area (TPSA) is 0 Å². The summed E-state index contributed by atoms with van der Waals surface area (Å²) in [6, 6.07) is 15.8. The average molecular weight is 248 g/mol. The molecule has 0 heterocycles. The first kappa shape index (κ1) is 12.2. The van der Waals surface area contributed by atoms with Gasteiger partial charge in [-0.3, -0.25) is 0 Å². The zero-order valence-electron chi connectivity index (χ0n) is 12.1. The van der Waals surface area contributed by atoms with E-state index in [1.165, 1.54) is 38.2 Å². The van der Waals surface area contributed by atoms with Gasteiger partial charge in [0.05, 0.1) is 0 Å². The highest BCUT2D eigenvalue weighted by molar-refractivity contribution is 6.10. The zero-order valence-corrected chi connectivity index (χ0v) is 12.1. The summed E-state index contributed by atoms with van der Waals surface area (Å²) in [5.74, 6) is 0.581. The molecule has 3 aromatic carbocycles. The van der Waals surface area contributed by atoms with Crippen molar-refractivity contribution in [3.63, 3.8) is 0 Å². The number of hydrogen-bond acceptors (Lipinski definition) is 0. The van der Waals surface area contributed by atoms with E-state index in [-0.39, 0.29) is 0 Å². The Kier molecular flexibility index (Phi) is 2.82. The molecule has 0 nitrogen and oxygen atoms in total. The van der Waals surface area contributed by atoms with Gasteiger partial charge < -0.3 is 0 Å². The molecule has 3 rings (SSSR count). The Labute approximate surface area is 115 Å². The molecule has 0 amide bonds. The van der Waals surface area contributed by atoms with Crippen LogP contribution < -0.4 is 0 Å². The Balaban J connectivity index is 2.46. The van der Waals surface area contributed by atoms with Crippen LogP contribution in [0.4, 0.5) is 0 Å². The standard InChI is InChI=1S/C19H20/c1-12(2)15-8-9-17-16-7-5-6-13(3)18(16)10-14(4)19(17)11-15/h5-12H,1-4H3. The van der Waals surface area contributed by atoms with Gasteiger partial charge in [-0.25, -0.2) is 0 Å². The lowest BCUT2D eigenvalue weighted by atomic mass is 9.92. The normalized spacial score (nSPS) is 11.6. The lowest BCUT2D eigenvalue weighted by molar-refractivity contribution is 0.869. The average Bonchev–Trinajstić information content (AvgIpc) is 2.40. The van der Waals surface area contributed by atoms with E-state index in [2.05, 4.69) is 70.2 Å². The van der Waals surface area contributed by atoms with E-state index in [1.807, 2.05) is 0 Å². The Morgan fingerprint density at radius 3 is 2.11 bits per heavy atom. The van der Waals surface area contributed by atoms with Gasteiger partial charge in [0, 0.05) is 0 Å². The molecular weight excluding hydrogens is 228 g/mol. The maximum atomic E-state index is 2.36. The molecule has 0 aliphatic rings. The quantitative estimate of drug-likeness (QED) is 0.482. The molecule has 0 heteroatoms. The Hall–Kier alpha value is -1.82. The number of rotatable bonds is 1. The van der Waals surface area contributed by atoms with Crippen LogP contribution in [0.25, 0.3) is 21.5 Å². The zero-order chi connectivity index (χ0) is 13.6. The van der Waals surface area contributed by atoms with Crippen LogP contribution >= 0.6 is 0 Å². The van der Waals surface area contributed by atoms with Crippen LogP contribution in [0.5, 0.6) is 0 Å². The van der Waals surface area contributed by atoms with E-state index < -0.39 is 0 Å². The van der Waals surface area contributed by atoms with Crippen LogP contribution in [-0.4, -0.2) is 0 Å². The smallest absolute Gasteiger partial charge is 0.0102 e. The van der Waals surface area contributed by atoms with Gasteiger partial charge in [0.2, 0.25) is 0 Å². The van der Waals surface area contributed by atoms with Crippen molar-refractivity contribution >= 4 is 21.5 Å². The van der Waals surface area contributed by atoms with Crippen molar-refractivity contribution in [2.75, 3.05) is 0 Å². The fraction of sp³-hybridized carbons (Fsp3) is 0.263. The lowest BCUT2D eigenvalue weighted by Gasteiger charge is -2.12. The van der Waals surface area contributed by atoms with E-state index in [1.54, 1.807) is 0 Å². The predicted molar refractivity (Wildman–Crippen MR) is 85.0 cm³/mol. The summed E-state index contributed by atoms with van der Waals surface area (Å²) < 4.78 is 0. The third-order valence-corrected chi connectivity index (χ3v) is 4.11. The number of aryl methyl sites for hydroxylation is 2. The van der Waals surface area contributed by atoms with Crippen molar-refractivity contribution < 1.29 is 0 Å². The van der Waals surface area contributed by atoms with Gasteiger partial charge in [-0.15, -0.1) is 0 Å². The summed E-state index contributed by atoms with van der Waals surface area (Å²) in [6.45, 7) is 8.91. The summed E-state index contributed by atoms with van der Waals surface area (Å²) in [4.78, 5) is 0. The van der Waals surface area contributed by atoms with E-state index in [4.69, 9.17) is 0 Å². The van der Waals surface area contributed by atoms with E-state index in [0.717, 1.165) is 0 Å². The molecule has 96 valence electrons. The van der Waals surface area contributed by atoms with Crippen LogP contribution in [0.3, 0.4) is 0 Å². The van der Waals surface area contributed by atoms with Crippen molar-refractivity contribution in [2.24, 2.45) is 0 Å². The molecule has 19 heavy (non-hydrogen) atoms. The van der Waals surface area contributed by atoms with Crippen LogP contribution in [0.15, 0.2) is 42.5 Å². The number of benzene rings is 3. The predicted octanol–water partition coefficient (Wildman–Crippen LogP) is 5.73.